The normalized spacial score (nSPS) is 22.9. The van der Waals surface area contributed by atoms with Crippen molar-refractivity contribution in [3.05, 3.63) is 35.6 Å². The first kappa shape index (κ1) is 13.5. The van der Waals surface area contributed by atoms with Gasteiger partial charge >= 0.3 is 0 Å². The van der Waals surface area contributed by atoms with Gasteiger partial charge in [0, 0.05) is 18.5 Å². The molecule has 18 heavy (non-hydrogen) atoms. The Balaban J connectivity index is 2.21. The Bertz CT molecular complexity index is 381. The van der Waals surface area contributed by atoms with Crippen LogP contribution >= 0.6 is 0 Å². The van der Waals surface area contributed by atoms with E-state index in [4.69, 9.17) is 5.73 Å². The van der Waals surface area contributed by atoms with Crippen LogP contribution in [0.3, 0.4) is 0 Å². The Morgan fingerprint density at radius 1 is 1.44 bits per heavy atom. The second kappa shape index (κ2) is 6.30. The van der Waals surface area contributed by atoms with Crippen LogP contribution in [0, 0.1) is 5.82 Å². The van der Waals surface area contributed by atoms with Gasteiger partial charge in [0.1, 0.15) is 5.82 Å². The zero-order valence-electron chi connectivity index (χ0n) is 11.1. The summed E-state index contributed by atoms with van der Waals surface area (Å²) in [6.45, 7) is 4.98. The third-order valence-electron chi connectivity index (χ3n) is 4.07. The van der Waals surface area contributed by atoms with Crippen LogP contribution in [-0.4, -0.2) is 30.6 Å². The Labute approximate surface area is 109 Å². The van der Waals surface area contributed by atoms with Gasteiger partial charge < -0.3 is 10.6 Å². The Kier molecular flexibility index (Phi) is 4.72. The molecular formula is C15H23FN2. The number of nitrogens with zero attached hydrogens (tertiary/aromatic N) is 1. The van der Waals surface area contributed by atoms with Gasteiger partial charge in [0.25, 0.3) is 0 Å². The molecule has 0 amide bonds. The van der Waals surface area contributed by atoms with E-state index < -0.39 is 0 Å². The van der Waals surface area contributed by atoms with Crippen LogP contribution in [0.5, 0.6) is 0 Å². The van der Waals surface area contributed by atoms with Crippen molar-refractivity contribution in [1.29, 1.82) is 0 Å². The molecule has 0 radical (unpaired) electrons. The van der Waals surface area contributed by atoms with Crippen molar-refractivity contribution in [3.63, 3.8) is 0 Å². The summed E-state index contributed by atoms with van der Waals surface area (Å²) in [6.07, 6.45) is 3.70. The largest absolute Gasteiger partial charge is 0.330 e. The van der Waals surface area contributed by atoms with E-state index in [-0.39, 0.29) is 11.7 Å². The molecule has 1 aromatic carbocycles. The van der Waals surface area contributed by atoms with Crippen molar-refractivity contribution >= 4 is 0 Å². The van der Waals surface area contributed by atoms with Gasteiger partial charge in [0.05, 0.1) is 0 Å². The maximum atomic E-state index is 13.4. The number of likely N-dealkylation sites (tertiary alicyclic amines) is 1. The molecule has 1 aromatic rings. The summed E-state index contributed by atoms with van der Waals surface area (Å²) in [7, 11) is 0. The minimum atomic E-state index is -0.162. The lowest BCUT2D eigenvalue weighted by atomic mass is 9.85. The second-order valence-corrected chi connectivity index (χ2v) is 5.09. The van der Waals surface area contributed by atoms with Crippen molar-refractivity contribution in [2.45, 2.75) is 38.1 Å². The average molecular weight is 250 g/mol. The van der Waals surface area contributed by atoms with E-state index in [1.165, 1.54) is 25.3 Å². The molecule has 0 aliphatic carbocycles. The number of benzene rings is 1. The van der Waals surface area contributed by atoms with E-state index in [1.807, 2.05) is 6.07 Å². The maximum Gasteiger partial charge on any atom is 0.123 e. The minimum absolute atomic E-state index is 0.162. The van der Waals surface area contributed by atoms with E-state index in [1.54, 1.807) is 12.1 Å². The highest BCUT2D eigenvalue weighted by molar-refractivity contribution is 5.23. The maximum absolute atomic E-state index is 13.4. The average Bonchev–Trinajstić information content (AvgIpc) is 2.40. The Morgan fingerprint density at radius 2 is 2.28 bits per heavy atom. The number of piperidine rings is 1. The highest BCUT2D eigenvalue weighted by atomic mass is 19.1. The molecule has 2 nitrogen and oxygen atoms in total. The van der Waals surface area contributed by atoms with Crippen molar-refractivity contribution in [3.8, 4) is 0 Å². The van der Waals surface area contributed by atoms with Crippen molar-refractivity contribution in [2.24, 2.45) is 5.73 Å². The molecule has 3 heteroatoms. The topological polar surface area (TPSA) is 29.3 Å². The molecule has 0 aromatic heterocycles. The first-order valence-electron chi connectivity index (χ1n) is 6.95. The first-order valence-corrected chi connectivity index (χ1v) is 6.95. The van der Waals surface area contributed by atoms with Crippen LogP contribution in [0.25, 0.3) is 0 Å². The monoisotopic (exact) mass is 250 g/mol. The van der Waals surface area contributed by atoms with Gasteiger partial charge in [-0.25, -0.2) is 4.39 Å². The Morgan fingerprint density at radius 3 is 2.94 bits per heavy atom. The van der Waals surface area contributed by atoms with Gasteiger partial charge in [0.2, 0.25) is 0 Å². The molecular weight excluding hydrogens is 227 g/mol. The Hall–Kier alpha value is -0.930. The summed E-state index contributed by atoms with van der Waals surface area (Å²) < 4.78 is 13.4. The fraction of sp³-hybridized carbons (Fsp3) is 0.600. The third kappa shape index (κ3) is 2.90. The van der Waals surface area contributed by atoms with E-state index in [9.17, 15) is 4.39 Å². The lowest BCUT2D eigenvalue weighted by Crippen LogP contribution is -2.45. The number of hydrogen-bond acceptors (Lipinski definition) is 2. The molecule has 2 atom stereocenters. The fourth-order valence-electron chi connectivity index (χ4n) is 3.12. The summed E-state index contributed by atoms with van der Waals surface area (Å²) in [5, 5.41) is 0. The SMILES string of the molecule is CCN1CCCCC1C(CN)c1cccc(F)c1. The summed E-state index contributed by atoms with van der Waals surface area (Å²) >= 11 is 0. The summed E-state index contributed by atoms with van der Waals surface area (Å²) in [5.41, 5.74) is 7.00. The van der Waals surface area contributed by atoms with Crippen molar-refractivity contribution in [1.82, 2.24) is 4.90 Å². The minimum Gasteiger partial charge on any atom is -0.330 e. The zero-order chi connectivity index (χ0) is 13.0. The van der Waals surface area contributed by atoms with Crippen LogP contribution in [0.4, 0.5) is 4.39 Å². The molecule has 0 saturated carbocycles. The number of rotatable bonds is 4. The number of hydrogen-bond donors (Lipinski definition) is 1. The molecule has 2 unspecified atom stereocenters. The highest BCUT2D eigenvalue weighted by Crippen LogP contribution is 2.29. The third-order valence-corrected chi connectivity index (χ3v) is 4.07. The summed E-state index contributed by atoms with van der Waals surface area (Å²) in [6, 6.07) is 7.39. The molecule has 0 spiro atoms. The fourth-order valence-corrected chi connectivity index (χ4v) is 3.12. The van der Waals surface area contributed by atoms with E-state index in [0.29, 0.717) is 12.6 Å². The van der Waals surface area contributed by atoms with Gasteiger partial charge in [-0.1, -0.05) is 25.5 Å². The molecule has 1 heterocycles. The van der Waals surface area contributed by atoms with Gasteiger partial charge in [-0.2, -0.15) is 0 Å². The standard InChI is InChI=1S/C15H23FN2/c1-2-18-9-4-3-8-15(18)14(11-17)12-6-5-7-13(16)10-12/h5-7,10,14-15H,2-4,8-9,11,17H2,1H3. The van der Waals surface area contributed by atoms with E-state index in [2.05, 4.69) is 11.8 Å². The second-order valence-electron chi connectivity index (χ2n) is 5.09. The molecule has 2 rings (SSSR count). The molecule has 1 aliphatic heterocycles. The van der Waals surface area contributed by atoms with Gasteiger partial charge in [-0.15, -0.1) is 0 Å². The van der Waals surface area contributed by atoms with Crippen LogP contribution in [0.1, 0.15) is 37.7 Å². The van der Waals surface area contributed by atoms with Crippen LogP contribution in [0.2, 0.25) is 0 Å². The number of halogens is 1. The van der Waals surface area contributed by atoms with Crippen LogP contribution in [0.15, 0.2) is 24.3 Å². The lowest BCUT2D eigenvalue weighted by Gasteiger charge is -2.39. The molecule has 1 fully saturated rings. The molecule has 100 valence electrons. The van der Waals surface area contributed by atoms with Crippen LogP contribution in [-0.2, 0) is 0 Å². The first-order chi connectivity index (χ1) is 8.76. The number of nitrogens with two attached hydrogens (primary N) is 1. The quantitative estimate of drug-likeness (QED) is 0.890. The van der Waals surface area contributed by atoms with Crippen molar-refractivity contribution in [2.75, 3.05) is 19.6 Å². The molecule has 2 N–H and O–H groups in total. The lowest BCUT2D eigenvalue weighted by molar-refractivity contribution is 0.134. The highest BCUT2D eigenvalue weighted by Gasteiger charge is 2.29. The molecule has 1 aliphatic rings. The van der Waals surface area contributed by atoms with Gasteiger partial charge in [0.15, 0.2) is 0 Å². The predicted octanol–water partition coefficient (Wildman–Crippen LogP) is 2.74. The predicted molar refractivity (Wildman–Crippen MR) is 73.1 cm³/mol. The van der Waals surface area contributed by atoms with E-state index in [0.717, 1.165) is 18.7 Å². The van der Waals surface area contributed by atoms with Gasteiger partial charge in [-0.3, -0.25) is 0 Å². The smallest absolute Gasteiger partial charge is 0.123 e. The summed E-state index contributed by atoms with van der Waals surface area (Å²) in [4.78, 5) is 2.49. The molecule has 0 bridgehead atoms. The number of likely N-dealkylation sites (N-methyl/N-ethyl adjacent to an activating group) is 1. The van der Waals surface area contributed by atoms with Gasteiger partial charge in [-0.05, 0) is 43.6 Å². The molecule has 1 saturated heterocycles. The van der Waals surface area contributed by atoms with Crippen molar-refractivity contribution < 1.29 is 4.39 Å². The summed E-state index contributed by atoms with van der Waals surface area (Å²) in [5.74, 6) is 0.0887. The van der Waals surface area contributed by atoms with Crippen LogP contribution < -0.4 is 5.73 Å². The zero-order valence-corrected chi connectivity index (χ0v) is 11.1. The van der Waals surface area contributed by atoms with E-state index >= 15 is 0 Å².